The molecule has 0 aliphatic carbocycles. The van der Waals surface area contributed by atoms with Crippen molar-refractivity contribution < 1.29 is 9.53 Å². The molecule has 0 saturated heterocycles. The molecule has 0 spiro atoms. The van der Waals surface area contributed by atoms with Crippen LogP contribution in [0.4, 0.5) is 0 Å². The van der Waals surface area contributed by atoms with Gasteiger partial charge in [0.2, 0.25) is 0 Å². The third-order valence-electron chi connectivity index (χ3n) is 3.05. The highest BCUT2D eigenvalue weighted by molar-refractivity contribution is 5.69. The van der Waals surface area contributed by atoms with E-state index in [0.29, 0.717) is 13.0 Å². The highest BCUT2D eigenvalue weighted by Crippen LogP contribution is 2.09. The molecule has 0 bridgehead atoms. The molecule has 0 aromatic heterocycles. The van der Waals surface area contributed by atoms with Crippen LogP contribution in [0.5, 0.6) is 0 Å². The van der Waals surface area contributed by atoms with Crippen LogP contribution in [0, 0.1) is 0 Å². The van der Waals surface area contributed by atoms with Gasteiger partial charge in [0.05, 0.1) is 6.61 Å². The van der Waals surface area contributed by atoms with Crippen LogP contribution in [0.3, 0.4) is 0 Å². The summed E-state index contributed by atoms with van der Waals surface area (Å²) in [5.74, 6) is -0.0367. The predicted molar refractivity (Wildman–Crippen MR) is 81.3 cm³/mol. The van der Waals surface area contributed by atoms with E-state index in [0.717, 1.165) is 32.2 Å². The Hall–Kier alpha value is -0.830. The fourth-order valence-electron chi connectivity index (χ4n) is 1.90. The topological polar surface area (TPSA) is 29.5 Å². The molecule has 112 valence electrons. The van der Waals surface area contributed by atoms with Crippen LogP contribution < -0.4 is 0 Å². The summed E-state index contributed by atoms with van der Waals surface area (Å²) in [5, 5.41) is 0. The van der Waals surface area contributed by atoms with E-state index in [9.17, 15) is 4.79 Å². The summed E-state index contributed by atoms with van der Waals surface area (Å²) in [6, 6.07) is 0. The first kappa shape index (κ1) is 18.2. The van der Waals surface area contributed by atoms with Gasteiger partial charge in [0.15, 0.2) is 0 Å². The van der Waals surface area contributed by atoms with Crippen LogP contribution in [-0.4, -0.2) is 38.1 Å². The fourth-order valence-corrected chi connectivity index (χ4v) is 1.90. The fraction of sp³-hybridized carbons (Fsp3) is 0.812. The van der Waals surface area contributed by atoms with Crippen LogP contribution in [0.2, 0.25) is 0 Å². The van der Waals surface area contributed by atoms with Crippen molar-refractivity contribution >= 4 is 5.97 Å². The molecule has 0 aromatic carbocycles. The Labute approximate surface area is 119 Å². The number of hydrogen-bond acceptors (Lipinski definition) is 3. The average molecular weight is 269 g/mol. The van der Waals surface area contributed by atoms with Crippen molar-refractivity contribution in [2.45, 2.75) is 57.8 Å². The first-order valence-corrected chi connectivity index (χ1v) is 7.58. The lowest BCUT2D eigenvalue weighted by molar-refractivity contribution is -0.143. The number of hydrogen-bond donors (Lipinski definition) is 0. The molecule has 0 amide bonds. The van der Waals surface area contributed by atoms with Gasteiger partial charge in [0.1, 0.15) is 0 Å². The SMILES string of the molecule is C=CCCCCCCCCC(=O)OCCCN(C)C. The van der Waals surface area contributed by atoms with Crippen molar-refractivity contribution in [1.29, 1.82) is 0 Å². The maximum absolute atomic E-state index is 11.4. The maximum Gasteiger partial charge on any atom is 0.305 e. The summed E-state index contributed by atoms with van der Waals surface area (Å²) in [6.45, 7) is 5.24. The molecular weight excluding hydrogens is 238 g/mol. The van der Waals surface area contributed by atoms with Crippen molar-refractivity contribution in [3.8, 4) is 0 Å². The third kappa shape index (κ3) is 15.1. The van der Waals surface area contributed by atoms with Crippen molar-refractivity contribution in [1.82, 2.24) is 4.90 Å². The maximum atomic E-state index is 11.4. The molecule has 0 saturated carbocycles. The largest absolute Gasteiger partial charge is 0.466 e. The van der Waals surface area contributed by atoms with Gasteiger partial charge in [-0.25, -0.2) is 0 Å². The number of allylic oxidation sites excluding steroid dienone is 1. The third-order valence-corrected chi connectivity index (χ3v) is 3.05. The zero-order valence-electron chi connectivity index (χ0n) is 12.8. The summed E-state index contributed by atoms with van der Waals surface area (Å²) in [7, 11) is 4.05. The van der Waals surface area contributed by atoms with Gasteiger partial charge < -0.3 is 9.64 Å². The van der Waals surface area contributed by atoms with Crippen LogP contribution >= 0.6 is 0 Å². The second kappa shape index (κ2) is 13.6. The number of unbranched alkanes of at least 4 members (excludes halogenated alkanes) is 6. The van der Waals surface area contributed by atoms with E-state index in [1.54, 1.807) is 0 Å². The summed E-state index contributed by atoms with van der Waals surface area (Å²) in [6.07, 6.45) is 11.7. The Kier molecular flexibility index (Phi) is 13.0. The van der Waals surface area contributed by atoms with E-state index in [1.165, 1.54) is 25.7 Å². The van der Waals surface area contributed by atoms with Gasteiger partial charge in [-0.2, -0.15) is 0 Å². The van der Waals surface area contributed by atoms with E-state index >= 15 is 0 Å². The quantitative estimate of drug-likeness (QED) is 0.289. The molecule has 0 N–H and O–H groups in total. The first-order chi connectivity index (χ1) is 9.16. The van der Waals surface area contributed by atoms with Gasteiger partial charge in [-0.15, -0.1) is 6.58 Å². The number of nitrogens with zero attached hydrogens (tertiary/aromatic N) is 1. The Balaban J connectivity index is 3.18. The van der Waals surface area contributed by atoms with Gasteiger partial charge in [-0.1, -0.05) is 31.8 Å². The highest BCUT2D eigenvalue weighted by Gasteiger charge is 2.02. The Morgan fingerprint density at radius 3 is 2.32 bits per heavy atom. The second-order valence-corrected chi connectivity index (χ2v) is 5.33. The standard InChI is InChI=1S/C16H31NO2/c1-4-5-6-7-8-9-10-11-13-16(18)19-15-12-14-17(2)3/h4H,1,5-15H2,2-3H3. The molecule has 0 aliphatic rings. The summed E-state index contributed by atoms with van der Waals surface area (Å²) in [4.78, 5) is 13.5. The van der Waals surface area contributed by atoms with Gasteiger partial charge >= 0.3 is 5.97 Å². The van der Waals surface area contributed by atoms with Gasteiger partial charge in [0, 0.05) is 13.0 Å². The molecule has 3 heteroatoms. The molecule has 0 unspecified atom stereocenters. The molecule has 19 heavy (non-hydrogen) atoms. The molecule has 0 rings (SSSR count). The minimum absolute atomic E-state index is 0.0367. The number of ether oxygens (including phenoxy) is 1. The van der Waals surface area contributed by atoms with E-state index in [1.807, 2.05) is 20.2 Å². The molecule has 3 nitrogen and oxygen atoms in total. The summed E-state index contributed by atoms with van der Waals surface area (Å²) < 4.78 is 5.18. The monoisotopic (exact) mass is 269 g/mol. The minimum Gasteiger partial charge on any atom is -0.466 e. The van der Waals surface area contributed by atoms with E-state index in [-0.39, 0.29) is 5.97 Å². The number of carbonyl (C=O) groups excluding carboxylic acids is 1. The Bertz CT molecular complexity index is 227. The van der Waals surface area contributed by atoms with Gasteiger partial charge in [0.25, 0.3) is 0 Å². The van der Waals surface area contributed by atoms with Crippen LogP contribution in [0.15, 0.2) is 12.7 Å². The molecular formula is C16H31NO2. The van der Waals surface area contributed by atoms with Crippen molar-refractivity contribution in [2.24, 2.45) is 0 Å². The molecule has 0 radical (unpaired) electrons. The lowest BCUT2D eigenvalue weighted by atomic mass is 10.1. The molecule has 0 heterocycles. The lowest BCUT2D eigenvalue weighted by Crippen LogP contribution is -2.16. The number of esters is 1. The normalized spacial score (nSPS) is 10.7. The first-order valence-electron chi connectivity index (χ1n) is 7.58. The zero-order chi connectivity index (χ0) is 14.3. The Morgan fingerprint density at radius 2 is 1.68 bits per heavy atom. The molecule has 0 aromatic rings. The van der Waals surface area contributed by atoms with Crippen molar-refractivity contribution in [3.63, 3.8) is 0 Å². The predicted octanol–water partition coefficient (Wildman–Crippen LogP) is 3.79. The van der Waals surface area contributed by atoms with E-state index in [2.05, 4.69) is 11.5 Å². The molecule has 0 aliphatic heterocycles. The average Bonchev–Trinajstić information content (AvgIpc) is 2.37. The smallest absolute Gasteiger partial charge is 0.305 e. The van der Waals surface area contributed by atoms with Crippen LogP contribution in [-0.2, 0) is 9.53 Å². The van der Waals surface area contributed by atoms with E-state index in [4.69, 9.17) is 4.74 Å². The summed E-state index contributed by atoms with van der Waals surface area (Å²) in [5.41, 5.74) is 0. The molecule has 0 atom stereocenters. The zero-order valence-corrected chi connectivity index (χ0v) is 12.8. The highest BCUT2D eigenvalue weighted by atomic mass is 16.5. The van der Waals surface area contributed by atoms with Crippen molar-refractivity contribution in [3.05, 3.63) is 12.7 Å². The van der Waals surface area contributed by atoms with Crippen LogP contribution in [0.25, 0.3) is 0 Å². The lowest BCUT2D eigenvalue weighted by Gasteiger charge is -2.09. The number of rotatable bonds is 13. The second-order valence-electron chi connectivity index (χ2n) is 5.33. The van der Waals surface area contributed by atoms with Crippen LogP contribution in [0.1, 0.15) is 57.8 Å². The number of carbonyl (C=O) groups is 1. The summed E-state index contributed by atoms with van der Waals surface area (Å²) >= 11 is 0. The molecule has 0 fully saturated rings. The minimum atomic E-state index is -0.0367. The Morgan fingerprint density at radius 1 is 1.05 bits per heavy atom. The van der Waals surface area contributed by atoms with Gasteiger partial charge in [-0.3, -0.25) is 4.79 Å². The van der Waals surface area contributed by atoms with E-state index < -0.39 is 0 Å². The van der Waals surface area contributed by atoms with Gasteiger partial charge in [-0.05, 0) is 39.8 Å². The van der Waals surface area contributed by atoms with Crippen molar-refractivity contribution in [2.75, 3.05) is 27.2 Å².